The van der Waals surface area contributed by atoms with Crippen LogP contribution in [0, 0.1) is 5.92 Å². The number of aromatic nitrogens is 1. The number of aromatic amines is 1. The first-order valence-electron chi connectivity index (χ1n) is 6.20. The molecule has 1 heterocycles. The Morgan fingerprint density at radius 3 is 2.75 bits per heavy atom. The van der Waals surface area contributed by atoms with Crippen molar-refractivity contribution in [3.05, 3.63) is 39.8 Å². The highest BCUT2D eigenvalue weighted by molar-refractivity contribution is 6.34. The summed E-state index contributed by atoms with van der Waals surface area (Å²) in [6, 6.07) is 4.81. The summed E-state index contributed by atoms with van der Waals surface area (Å²) in [5, 5.41) is 13.6. The van der Waals surface area contributed by atoms with Crippen LogP contribution in [0.4, 0.5) is 5.69 Å². The smallest absolute Gasteiger partial charge is 0.255 e. The van der Waals surface area contributed by atoms with E-state index in [0.29, 0.717) is 16.5 Å². The molecule has 1 aromatic carbocycles. The molecule has 0 aliphatic carbocycles. The van der Waals surface area contributed by atoms with Gasteiger partial charge in [-0.05, 0) is 29.5 Å². The molecule has 5 nitrogen and oxygen atoms in total. The van der Waals surface area contributed by atoms with E-state index in [1.54, 1.807) is 26.0 Å². The number of benzene rings is 1. The fourth-order valence-electron chi connectivity index (χ4n) is 1.81. The van der Waals surface area contributed by atoms with Gasteiger partial charge in [-0.15, -0.1) is 0 Å². The third kappa shape index (κ3) is 2.84. The number of hydrogen-bond acceptors (Lipinski definition) is 3. The molecule has 0 fully saturated rings. The van der Waals surface area contributed by atoms with Crippen molar-refractivity contribution >= 4 is 34.0 Å². The molecule has 3 N–H and O–H groups in total. The Kier molecular flexibility index (Phi) is 4.11. The number of rotatable bonds is 3. The zero-order valence-electron chi connectivity index (χ0n) is 11.1. The van der Waals surface area contributed by atoms with E-state index in [9.17, 15) is 14.7 Å². The maximum atomic E-state index is 11.8. The second kappa shape index (κ2) is 5.64. The molecule has 2 aromatic rings. The van der Waals surface area contributed by atoms with Crippen LogP contribution in [-0.2, 0) is 4.79 Å². The minimum absolute atomic E-state index is 0.197. The van der Waals surface area contributed by atoms with Crippen molar-refractivity contribution < 1.29 is 9.90 Å². The number of aliphatic hydroxyl groups excluding tert-OH is 1. The van der Waals surface area contributed by atoms with Gasteiger partial charge in [-0.1, -0.05) is 25.4 Å². The second-order valence-corrected chi connectivity index (χ2v) is 5.31. The van der Waals surface area contributed by atoms with E-state index in [4.69, 9.17) is 11.6 Å². The highest BCUT2D eigenvalue weighted by Crippen LogP contribution is 2.26. The molecule has 6 heteroatoms. The van der Waals surface area contributed by atoms with Crippen molar-refractivity contribution in [2.45, 2.75) is 20.0 Å². The quantitative estimate of drug-likeness (QED) is 0.811. The molecule has 1 atom stereocenters. The maximum Gasteiger partial charge on any atom is 0.255 e. The van der Waals surface area contributed by atoms with Crippen LogP contribution >= 0.6 is 11.6 Å². The monoisotopic (exact) mass is 294 g/mol. The number of hydrogen-bond donors (Lipinski definition) is 3. The maximum absolute atomic E-state index is 11.8. The molecule has 0 radical (unpaired) electrons. The number of aliphatic hydroxyl groups is 1. The topological polar surface area (TPSA) is 82.2 Å². The molecule has 1 amide bonds. The zero-order valence-corrected chi connectivity index (χ0v) is 11.9. The first-order chi connectivity index (χ1) is 9.40. The van der Waals surface area contributed by atoms with E-state index >= 15 is 0 Å². The number of pyridine rings is 1. The largest absolute Gasteiger partial charge is 0.383 e. The molecule has 0 bridgehead atoms. The summed E-state index contributed by atoms with van der Waals surface area (Å²) in [4.78, 5) is 26.0. The first-order valence-corrected chi connectivity index (χ1v) is 6.58. The number of halogens is 1. The van der Waals surface area contributed by atoms with Crippen LogP contribution in [0.25, 0.3) is 10.8 Å². The van der Waals surface area contributed by atoms with Gasteiger partial charge in [0.15, 0.2) is 0 Å². The summed E-state index contributed by atoms with van der Waals surface area (Å²) in [5.74, 6) is -0.719. The molecule has 106 valence electrons. The Labute approximate surface area is 120 Å². The van der Waals surface area contributed by atoms with Crippen molar-refractivity contribution in [1.29, 1.82) is 0 Å². The van der Waals surface area contributed by atoms with Crippen LogP contribution in [0.15, 0.2) is 29.2 Å². The molecule has 0 spiro atoms. The minimum atomic E-state index is -1.11. The summed E-state index contributed by atoms with van der Waals surface area (Å²) in [6.07, 6.45) is 0.411. The molecule has 1 unspecified atom stereocenters. The van der Waals surface area contributed by atoms with Gasteiger partial charge < -0.3 is 15.4 Å². The number of nitrogens with one attached hydrogen (secondary N) is 2. The van der Waals surface area contributed by atoms with Gasteiger partial charge in [-0.3, -0.25) is 9.59 Å². The summed E-state index contributed by atoms with van der Waals surface area (Å²) in [7, 11) is 0. The highest BCUT2D eigenvalue weighted by atomic mass is 35.5. The lowest BCUT2D eigenvalue weighted by molar-refractivity contribution is -0.125. The average molecular weight is 295 g/mol. The van der Waals surface area contributed by atoms with E-state index in [1.165, 1.54) is 12.3 Å². The summed E-state index contributed by atoms with van der Waals surface area (Å²) < 4.78 is 0. The van der Waals surface area contributed by atoms with Gasteiger partial charge >= 0.3 is 0 Å². The Morgan fingerprint density at radius 2 is 2.10 bits per heavy atom. The molecule has 0 saturated heterocycles. The van der Waals surface area contributed by atoms with Crippen LogP contribution in [0.5, 0.6) is 0 Å². The van der Waals surface area contributed by atoms with Gasteiger partial charge in [0.05, 0.1) is 10.7 Å². The van der Waals surface area contributed by atoms with E-state index in [1.807, 2.05) is 0 Å². The molecule has 1 aromatic heterocycles. The van der Waals surface area contributed by atoms with Crippen molar-refractivity contribution in [2.24, 2.45) is 5.92 Å². The fourth-order valence-corrected chi connectivity index (χ4v) is 2.03. The van der Waals surface area contributed by atoms with E-state index in [-0.39, 0.29) is 16.5 Å². The van der Waals surface area contributed by atoms with Crippen LogP contribution in [-0.4, -0.2) is 22.1 Å². The lowest BCUT2D eigenvalue weighted by atomic mass is 10.1. The molecule has 2 rings (SSSR count). The minimum Gasteiger partial charge on any atom is -0.383 e. The lowest BCUT2D eigenvalue weighted by Crippen LogP contribution is -2.32. The molecular weight excluding hydrogens is 280 g/mol. The van der Waals surface area contributed by atoms with E-state index in [2.05, 4.69) is 10.3 Å². The van der Waals surface area contributed by atoms with Crippen molar-refractivity contribution in [1.82, 2.24) is 4.98 Å². The molecule has 0 saturated carbocycles. The van der Waals surface area contributed by atoms with Crippen LogP contribution in [0.1, 0.15) is 13.8 Å². The predicted molar refractivity (Wildman–Crippen MR) is 79.1 cm³/mol. The number of amides is 1. The van der Waals surface area contributed by atoms with Gasteiger partial charge in [0.2, 0.25) is 0 Å². The lowest BCUT2D eigenvalue weighted by Gasteiger charge is -2.15. The fraction of sp³-hybridized carbons (Fsp3) is 0.286. The van der Waals surface area contributed by atoms with Crippen LogP contribution < -0.4 is 10.9 Å². The number of H-pyrrole nitrogens is 1. The number of fused-ring (bicyclic) bond motifs is 1. The van der Waals surface area contributed by atoms with Crippen LogP contribution in [0.3, 0.4) is 0 Å². The van der Waals surface area contributed by atoms with Crippen LogP contribution in [0.2, 0.25) is 5.02 Å². The summed E-state index contributed by atoms with van der Waals surface area (Å²) in [6.45, 7) is 3.48. The Hall–Kier alpha value is -1.85. The van der Waals surface area contributed by atoms with Gasteiger partial charge in [0.1, 0.15) is 6.10 Å². The Bertz CT molecular complexity index is 709. The standard InChI is InChI=1S/C14H15ClN2O3/c1-7(2)12(18)14(20)17-11-5-8-3-4-16-13(19)9(8)6-10(11)15/h3-7,12,18H,1-2H3,(H,16,19)(H,17,20). The van der Waals surface area contributed by atoms with Gasteiger partial charge in [0, 0.05) is 11.6 Å². The van der Waals surface area contributed by atoms with Crippen molar-refractivity contribution in [2.75, 3.05) is 5.32 Å². The average Bonchev–Trinajstić information content (AvgIpc) is 2.39. The van der Waals surface area contributed by atoms with Gasteiger partial charge in [-0.25, -0.2) is 0 Å². The van der Waals surface area contributed by atoms with Crippen molar-refractivity contribution in [3.8, 4) is 0 Å². The number of carbonyl (C=O) groups is 1. The molecular formula is C14H15ClN2O3. The van der Waals surface area contributed by atoms with E-state index in [0.717, 1.165) is 0 Å². The van der Waals surface area contributed by atoms with E-state index < -0.39 is 12.0 Å². The second-order valence-electron chi connectivity index (χ2n) is 4.90. The molecule has 20 heavy (non-hydrogen) atoms. The predicted octanol–water partition coefficient (Wildman–Crippen LogP) is 2.14. The third-order valence-electron chi connectivity index (χ3n) is 3.02. The zero-order chi connectivity index (χ0) is 14.9. The number of anilines is 1. The highest BCUT2D eigenvalue weighted by Gasteiger charge is 2.19. The SMILES string of the molecule is CC(C)C(O)C(=O)Nc1cc2cc[nH]c(=O)c2cc1Cl. The summed E-state index contributed by atoms with van der Waals surface area (Å²) >= 11 is 6.05. The molecule has 0 aliphatic heterocycles. The molecule has 0 aliphatic rings. The number of carbonyl (C=O) groups excluding carboxylic acids is 1. The first kappa shape index (κ1) is 14.6. The normalized spacial score (nSPS) is 12.7. The Morgan fingerprint density at radius 1 is 1.40 bits per heavy atom. The Balaban J connectivity index is 2.38. The van der Waals surface area contributed by atoms with Gasteiger partial charge in [-0.2, -0.15) is 0 Å². The van der Waals surface area contributed by atoms with Gasteiger partial charge in [0.25, 0.3) is 11.5 Å². The third-order valence-corrected chi connectivity index (χ3v) is 3.33. The summed E-state index contributed by atoms with van der Waals surface area (Å²) in [5.41, 5.74) is 0.124. The van der Waals surface area contributed by atoms with Crippen molar-refractivity contribution in [3.63, 3.8) is 0 Å².